The molecule has 0 amide bonds. The molecule has 0 aliphatic rings. The van der Waals surface area contributed by atoms with E-state index in [1.54, 1.807) is 24.4 Å². The molecule has 4 heteroatoms. The summed E-state index contributed by atoms with van der Waals surface area (Å²) in [6.07, 6.45) is 1.64. The van der Waals surface area contributed by atoms with Crippen LogP contribution >= 0.6 is 11.6 Å². The molecular formula is C14H7ClFN2. The van der Waals surface area contributed by atoms with E-state index in [0.717, 1.165) is 5.39 Å². The first kappa shape index (κ1) is 11.1. The van der Waals surface area contributed by atoms with Crippen LogP contribution in [0.1, 0.15) is 0 Å². The number of rotatable bonds is 1. The average Bonchev–Trinajstić information content (AvgIpc) is 2.41. The fourth-order valence-electron chi connectivity index (χ4n) is 1.72. The third-order valence-corrected chi connectivity index (χ3v) is 2.82. The number of benzene rings is 1. The quantitative estimate of drug-likeness (QED) is 0.661. The van der Waals surface area contributed by atoms with Gasteiger partial charge in [0.15, 0.2) is 5.65 Å². The van der Waals surface area contributed by atoms with Crippen LogP contribution in [0, 0.1) is 11.9 Å². The van der Waals surface area contributed by atoms with Crippen LogP contribution in [-0.2, 0) is 0 Å². The monoisotopic (exact) mass is 257 g/mol. The lowest BCUT2D eigenvalue weighted by atomic mass is 10.1. The molecule has 1 radical (unpaired) electrons. The fraction of sp³-hybridized carbons (Fsp3) is 0. The van der Waals surface area contributed by atoms with Crippen molar-refractivity contribution in [2.24, 2.45) is 0 Å². The van der Waals surface area contributed by atoms with E-state index in [1.165, 1.54) is 12.1 Å². The molecule has 2 heterocycles. The Kier molecular flexibility index (Phi) is 2.68. The topological polar surface area (TPSA) is 25.8 Å². The van der Waals surface area contributed by atoms with Gasteiger partial charge < -0.3 is 0 Å². The molecule has 0 saturated heterocycles. The Morgan fingerprint density at radius 1 is 1.22 bits per heavy atom. The summed E-state index contributed by atoms with van der Waals surface area (Å²) in [5.41, 5.74) is 1.36. The molecule has 0 fully saturated rings. The first-order valence-corrected chi connectivity index (χ1v) is 5.71. The summed E-state index contributed by atoms with van der Waals surface area (Å²) >= 11 is 5.86. The van der Waals surface area contributed by atoms with Crippen molar-refractivity contribution in [3.8, 4) is 11.3 Å². The highest BCUT2D eigenvalue weighted by atomic mass is 35.5. The molecule has 0 saturated carbocycles. The minimum Gasteiger partial charge on any atom is -0.237 e. The Morgan fingerprint density at radius 2 is 2.11 bits per heavy atom. The Hall–Kier alpha value is -2.00. The van der Waals surface area contributed by atoms with Gasteiger partial charge >= 0.3 is 0 Å². The SMILES string of the molecule is Fc1ccc(Cl)cc1-c1c[c]c2cccnc2n1. The number of fused-ring (bicyclic) bond motifs is 1. The molecule has 87 valence electrons. The standard InChI is InChI=1S/C14H7ClFN2/c15-10-4-5-12(16)11(8-10)13-6-3-9-2-1-7-17-14(9)18-13/h1-2,4-8H. The molecule has 0 aliphatic carbocycles. The van der Waals surface area contributed by atoms with Crippen molar-refractivity contribution >= 4 is 22.6 Å². The number of nitrogens with zero attached hydrogens (tertiary/aromatic N) is 2. The van der Waals surface area contributed by atoms with Gasteiger partial charge in [0.1, 0.15) is 5.82 Å². The van der Waals surface area contributed by atoms with Gasteiger partial charge in [-0.05, 0) is 42.5 Å². The largest absolute Gasteiger partial charge is 0.237 e. The van der Waals surface area contributed by atoms with Crippen LogP contribution in [0.3, 0.4) is 0 Å². The number of aromatic nitrogens is 2. The first-order valence-electron chi connectivity index (χ1n) is 5.33. The molecule has 3 rings (SSSR count). The van der Waals surface area contributed by atoms with Gasteiger partial charge in [0.05, 0.1) is 5.69 Å². The molecule has 18 heavy (non-hydrogen) atoms. The maximum absolute atomic E-state index is 13.7. The molecule has 0 bridgehead atoms. The van der Waals surface area contributed by atoms with Gasteiger partial charge in [-0.2, -0.15) is 0 Å². The van der Waals surface area contributed by atoms with Crippen LogP contribution in [0.4, 0.5) is 4.39 Å². The van der Waals surface area contributed by atoms with E-state index in [0.29, 0.717) is 21.9 Å². The van der Waals surface area contributed by atoms with Crippen molar-refractivity contribution in [2.75, 3.05) is 0 Å². The second-order valence-corrected chi connectivity index (χ2v) is 4.22. The van der Waals surface area contributed by atoms with E-state index in [1.807, 2.05) is 6.07 Å². The minimum absolute atomic E-state index is 0.353. The third kappa shape index (κ3) is 1.93. The summed E-state index contributed by atoms with van der Waals surface area (Å²) in [7, 11) is 0. The molecular weight excluding hydrogens is 251 g/mol. The van der Waals surface area contributed by atoms with E-state index in [4.69, 9.17) is 11.6 Å². The summed E-state index contributed by atoms with van der Waals surface area (Å²) in [5, 5.41) is 1.26. The molecule has 0 atom stereocenters. The maximum Gasteiger partial charge on any atom is 0.160 e. The second-order valence-electron chi connectivity index (χ2n) is 3.78. The van der Waals surface area contributed by atoms with Gasteiger partial charge in [-0.3, -0.25) is 0 Å². The predicted octanol–water partition coefficient (Wildman–Crippen LogP) is 3.89. The summed E-state index contributed by atoms with van der Waals surface area (Å²) in [6, 6.07) is 12.7. The van der Waals surface area contributed by atoms with Gasteiger partial charge in [-0.25, -0.2) is 14.4 Å². The second kappa shape index (κ2) is 4.35. The lowest BCUT2D eigenvalue weighted by Crippen LogP contribution is -1.90. The van der Waals surface area contributed by atoms with E-state index < -0.39 is 0 Å². The van der Waals surface area contributed by atoms with Gasteiger partial charge in [-0.15, -0.1) is 0 Å². The number of hydrogen-bond acceptors (Lipinski definition) is 2. The zero-order chi connectivity index (χ0) is 12.5. The molecule has 0 spiro atoms. The first-order chi connectivity index (χ1) is 8.74. The Balaban J connectivity index is 2.22. The maximum atomic E-state index is 13.7. The van der Waals surface area contributed by atoms with Crippen molar-refractivity contribution in [1.29, 1.82) is 0 Å². The number of halogens is 2. The van der Waals surface area contributed by atoms with Crippen molar-refractivity contribution < 1.29 is 4.39 Å². The van der Waals surface area contributed by atoms with E-state index >= 15 is 0 Å². The summed E-state index contributed by atoms with van der Waals surface area (Å²) in [6.45, 7) is 0. The highest BCUT2D eigenvalue weighted by Crippen LogP contribution is 2.25. The van der Waals surface area contributed by atoms with Crippen molar-refractivity contribution in [3.63, 3.8) is 0 Å². The molecule has 0 N–H and O–H groups in total. The van der Waals surface area contributed by atoms with Crippen molar-refractivity contribution in [1.82, 2.24) is 9.97 Å². The Bertz CT molecular complexity index is 728. The average molecular weight is 258 g/mol. The van der Waals surface area contributed by atoms with E-state index in [9.17, 15) is 4.39 Å². The van der Waals surface area contributed by atoms with Crippen LogP contribution in [0.25, 0.3) is 22.3 Å². The Morgan fingerprint density at radius 3 is 3.00 bits per heavy atom. The predicted molar refractivity (Wildman–Crippen MR) is 68.8 cm³/mol. The highest BCUT2D eigenvalue weighted by molar-refractivity contribution is 6.30. The zero-order valence-electron chi connectivity index (χ0n) is 9.19. The van der Waals surface area contributed by atoms with Crippen LogP contribution in [0.15, 0.2) is 42.6 Å². The van der Waals surface area contributed by atoms with Crippen molar-refractivity contribution in [2.45, 2.75) is 0 Å². The fourth-order valence-corrected chi connectivity index (χ4v) is 1.90. The summed E-state index contributed by atoms with van der Waals surface area (Å²) in [4.78, 5) is 8.43. The minimum atomic E-state index is -0.365. The third-order valence-electron chi connectivity index (χ3n) is 2.58. The van der Waals surface area contributed by atoms with Crippen LogP contribution in [0.2, 0.25) is 5.02 Å². The van der Waals surface area contributed by atoms with E-state index in [2.05, 4.69) is 16.0 Å². The lowest BCUT2D eigenvalue weighted by Gasteiger charge is -2.04. The molecule has 0 unspecified atom stereocenters. The molecule has 3 aromatic rings. The van der Waals surface area contributed by atoms with Crippen LogP contribution in [-0.4, -0.2) is 9.97 Å². The van der Waals surface area contributed by atoms with Gasteiger partial charge in [0.2, 0.25) is 0 Å². The molecule has 0 aliphatic heterocycles. The van der Waals surface area contributed by atoms with E-state index in [-0.39, 0.29) is 5.82 Å². The summed E-state index contributed by atoms with van der Waals surface area (Å²) in [5.74, 6) is -0.365. The number of hydrogen-bond donors (Lipinski definition) is 0. The Labute approximate surface area is 108 Å². The smallest absolute Gasteiger partial charge is 0.160 e. The zero-order valence-corrected chi connectivity index (χ0v) is 9.95. The molecule has 2 aromatic heterocycles. The highest BCUT2D eigenvalue weighted by Gasteiger charge is 2.08. The lowest BCUT2D eigenvalue weighted by molar-refractivity contribution is 0.631. The van der Waals surface area contributed by atoms with Gasteiger partial charge in [0, 0.05) is 22.2 Å². The summed E-state index contributed by atoms with van der Waals surface area (Å²) < 4.78 is 13.7. The number of pyridine rings is 2. The molecule has 1 aromatic carbocycles. The van der Waals surface area contributed by atoms with Crippen molar-refractivity contribution in [3.05, 3.63) is 59.5 Å². The normalized spacial score (nSPS) is 10.8. The van der Waals surface area contributed by atoms with Gasteiger partial charge in [-0.1, -0.05) is 11.6 Å². The molecule has 2 nitrogen and oxygen atoms in total. The van der Waals surface area contributed by atoms with Gasteiger partial charge in [0.25, 0.3) is 0 Å². The van der Waals surface area contributed by atoms with Crippen LogP contribution in [0.5, 0.6) is 0 Å². The van der Waals surface area contributed by atoms with Crippen LogP contribution < -0.4 is 0 Å².